The van der Waals surface area contributed by atoms with Gasteiger partial charge in [-0.05, 0) is 59.7 Å². The first-order valence-electron chi connectivity index (χ1n) is 9.69. The molecular weight excluding hydrogens is 380 g/mol. The maximum absolute atomic E-state index is 12.4. The molecular formula is C24H26N2O4. The molecule has 0 spiro atoms. The number of ether oxygens (including phenoxy) is 2. The number of fused-ring (bicyclic) bond motifs is 1. The summed E-state index contributed by atoms with van der Waals surface area (Å²) in [6.07, 6.45) is 0. The summed E-state index contributed by atoms with van der Waals surface area (Å²) in [6.45, 7) is 1.44. The molecule has 1 atom stereocenters. The van der Waals surface area contributed by atoms with Gasteiger partial charge in [0, 0.05) is 25.5 Å². The predicted molar refractivity (Wildman–Crippen MR) is 119 cm³/mol. The minimum absolute atomic E-state index is 0.330. The lowest BCUT2D eigenvalue weighted by Crippen LogP contribution is -2.23. The maximum atomic E-state index is 12.4. The summed E-state index contributed by atoms with van der Waals surface area (Å²) in [4.78, 5) is 26.5. The van der Waals surface area contributed by atoms with Crippen LogP contribution < -0.4 is 15.0 Å². The SMILES string of the molecule is COc1ccc2cc([C@H](C)C(=O)OCC(=O)Nc3ccc(N(C)C)cc3)ccc2c1. The highest BCUT2D eigenvalue weighted by molar-refractivity contribution is 5.93. The minimum atomic E-state index is -0.483. The van der Waals surface area contributed by atoms with Crippen molar-refractivity contribution in [2.24, 2.45) is 0 Å². The largest absolute Gasteiger partial charge is 0.497 e. The molecule has 156 valence electrons. The van der Waals surface area contributed by atoms with Crippen LogP contribution in [0.4, 0.5) is 11.4 Å². The number of hydrogen-bond acceptors (Lipinski definition) is 5. The highest BCUT2D eigenvalue weighted by Crippen LogP contribution is 2.25. The molecule has 0 aliphatic rings. The van der Waals surface area contributed by atoms with Gasteiger partial charge in [0.2, 0.25) is 0 Å². The Kier molecular flexibility index (Phi) is 6.57. The third-order valence-electron chi connectivity index (χ3n) is 4.94. The van der Waals surface area contributed by atoms with Crippen molar-refractivity contribution in [1.29, 1.82) is 0 Å². The fourth-order valence-corrected chi connectivity index (χ4v) is 3.08. The normalized spacial score (nSPS) is 11.6. The first-order valence-corrected chi connectivity index (χ1v) is 9.69. The third kappa shape index (κ3) is 5.08. The number of rotatable bonds is 7. The Morgan fingerprint density at radius 2 is 1.63 bits per heavy atom. The first kappa shape index (κ1) is 21.2. The zero-order valence-corrected chi connectivity index (χ0v) is 17.6. The van der Waals surface area contributed by atoms with Gasteiger partial charge in [-0.2, -0.15) is 0 Å². The van der Waals surface area contributed by atoms with Crippen LogP contribution in [-0.2, 0) is 14.3 Å². The Morgan fingerprint density at radius 1 is 0.967 bits per heavy atom. The van der Waals surface area contributed by atoms with E-state index in [0.29, 0.717) is 5.69 Å². The summed E-state index contributed by atoms with van der Waals surface area (Å²) in [5.41, 5.74) is 2.51. The van der Waals surface area contributed by atoms with Crippen molar-refractivity contribution in [3.8, 4) is 5.75 Å². The predicted octanol–water partition coefficient (Wildman–Crippen LogP) is 4.20. The van der Waals surface area contributed by atoms with Gasteiger partial charge in [0.25, 0.3) is 5.91 Å². The van der Waals surface area contributed by atoms with E-state index in [1.165, 1.54) is 0 Å². The fourth-order valence-electron chi connectivity index (χ4n) is 3.08. The van der Waals surface area contributed by atoms with Crippen LogP contribution >= 0.6 is 0 Å². The van der Waals surface area contributed by atoms with Crippen LogP contribution in [0.5, 0.6) is 5.75 Å². The number of hydrogen-bond donors (Lipinski definition) is 1. The second-order valence-electron chi connectivity index (χ2n) is 7.29. The van der Waals surface area contributed by atoms with Crippen LogP contribution in [-0.4, -0.2) is 39.7 Å². The number of carbonyl (C=O) groups is 2. The number of nitrogens with zero attached hydrogens (tertiary/aromatic N) is 1. The van der Waals surface area contributed by atoms with Crippen LogP contribution in [0.15, 0.2) is 60.7 Å². The second-order valence-corrected chi connectivity index (χ2v) is 7.29. The molecule has 0 radical (unpaired) electrons. The van der Waals surface area contributed by atoms with E-state index in [4.69, 9.17) is 9.47 Å². The summed E-state index contributed by atoms with van der Waals surface area (Å²) in [7, 11) is 5.52. The molecule has 1 N–H and O–H groups in total. The van der Waals surface area contributed by atoms with E-state index in [0.717, 1.165) is 27.8 Å². The summed E-state index contributed by atoms with van der Waals surface area (Å²) in [6, 6.07) is 19.0. The highest BCUT2D eigenvalue weighted by atomic mass is 16.5. The molecule has 0 fully saturated rings. The molecule has 1 amide bonds. The molecule has 0 aliphatic carbocycles. The van der Waals surface area contributed by atoms with E-state index in [9.17, 15) is 9.59 Å². The van der Waals surface area contributed by atoms with Crippen molar-refractivity contribution in [2.45, 2.75) is 12.8 Å². The lowest BCUT2D eigenvalue weighted by molar-refractivity contribution is -0.148. The minimum Gasteiger partial charge on any atom is -0.497 e. The zero-order chi connectivity index (χ0) is 21.7. The van der Waals surface area contributed by atoms with Crippen molar-refractivity contribution < 1.29 is 19.1 Å². The van der Waals surface area contributed by atoms with Gasteiger partial charge in [-0.1, -0.05) is 24.3 Å². The Hall–Kier alpha value is -3.54. The molecule has 0 aliphatic heterocycles. The lowest BCUT2D eigenvalue weighted by Gasteiger charge is -2.14. The number of amides is 1. The first-order chi connectivity index (χ1) is 14.4. The van der Waals surface area contributed by atoms with Gasteiger partial charge in [-0.3, -0.25) is 9.59 Å². The molecule has 6 nitrogen and oxygen atoms in total. The fraction of sp³-hybridized carbons (Fsp3) is 0.250. The zero-order valence-electron chi connectivity index (χ0n) is 17.6. The summed E-state index contributed by atoms with van der Waals surface area (Å²) >= 11 is 0. The molecule has 0 heterocycles. The van der Waals surface area contributed by atoms with E-state index in [1.54, 1.807) is 14.0 Å². The lowest BCUT2D eigenvalue weighted by atomic mass is 9.98. The van der Waals surface area contributed by atoms with Gasteiger partial charge >= 0.3 is 5.97 Å². The monoisotopic (exact) mass is 406 g/mol. The summed E-state index contributed by atoms with van der Waals surface area (Å²) < 4.78 is 10.5. The molecule has 3 aromatic carbocycles. The van der Waals surface area contributed by atoms with Crippen LogP contribution in [0.1, 0.15) is 18.4 Å². The van der Waals surface area contributed by atoms with Gasteiger partial charge in [0.05, 0.1) is 13.0 Å². The molecule has 30 heavy (non-hydrogen) atoms. The summed E-state index contributed by atoms with van der Waals surface area (Å²) in [5.74, 6) is -0.520. The van der Waals surface area contributed by atoms with E-state index in [1.807, 2.05) is 79.7 Å². The van der Waals surface area contributed by atoms with Crippen LogP contribution in [0, 0.1) is 0 Å². The van der Waals surface area contributed by atoms with Crippen molar-refractivity contribution in [2.75, 3.05) is 38.0 Å². The van der Waals surface area contributed by atoms with Gasteiger partial charge in [0.15, 0.2) is 6.61 Å². The van der Waals surface area contributed by atoms with E-state index < -0.39 is 11.9 Å². The molecule has 3 aromatic rings. The van der Waals surface area contributed by atoms with Crippen LogP contribution in [0.25, 0.3) is 10.8 Å². The standard InChI is InChI=1S/C24H26N2O4/c1-16(17-5-6-19-14-22(29-4)12-7-18(19)13-17)24(28)30-15-23(27)25-20-8-10-21(11-9-20)26(2)3/h5-14,16H,15H2,1-4H3,(H,25,27)/t16-/m0/s1. The molecule has 0 bridgehead atoms. The maximum Gasteiger partial charge on any atom is 0.313 e. The van der Waals surface area contributed by atoms with Crippen molar-refractivity contribution >= 4 is 34.0 Å². The molecule has 6 heteroatoms. The van der Waals surface area contributed by atoms with Gasteiger partial charge in [-0.15, -0.1) is 0 Å². The van der Waals surface area contributed by atoms with Crippen molar-refractivity contribution in [3.05, 3.63) is 66.2 Å². The Balaban J connectivity index is 1.57. The second kappa shape index (κ2) is 9.31. The Labute approximate surface area is 176 Å². The molecule has 0 saturated heterocycles. The molecule has 0 unspecified atom stereocenters. The average Bonchev–Trinajstić information content (AvgIpc) is 2.76. The number of carbonyl (C=O) groups excluding carboxylic acids is 2. The van der Waals surface area contributed by atoms with E-state index >= 15 is 0 Å². The number of anilines is 2. The molecule has 3 rings (SSSR count). The molecule has 0 saturated carbocycles. The van der Waals surface area contributed by atoms with Crippen LogP contribution in [0.3, 0.4) is 0 Å². The number of methoxy groups -OCH3 is 1. The number of benzene rings is 3. The van der Waals surface area contributed by atoms with Gasteiger partial charge in [0.1, 0.15) is 5.75 Å². The van der Waals surface area contributed by atoms with Gasteiger partial charge < -0.3 is 19.7 Å². The van der Waals surface area contributed by atoms with E-state index in [2.05, 4.69) is 5.32 Å². The highest BCUT2D eigenvalue weighted by Gasteiger charge is 2.18. The van der Waals surface area contributed by atoms with Crippen LogP contribution in [0.2, 0.25) is 0 Å². The summed E-state index contributed by atoms with van der Waals surface area (Å²) in [5, 5.41) is 4.76. The van der Waals surface area contributed by atoms with E-state index in [-0.39, 0.29) is 12.5 Å². The topological polar surface area (TPSA) is 67.9 Å². The number of esters is 1. The average molecular weight is 406 g/mol. The quantitative estimate of drug-likeness (QED) is 0.596. The Bertz CT molecular complexity index is 1040. The smallest absolute Gasteiger partial charge is 0.313 e. The number of nitrogens with one attached hydrogen (secondary N) is 1. The molecule has 0 aromatic heterocycles. The van der Waals surface area contributed by atoms with Crippen molar-refractivity contribution in [3.63, 3.8) is 0 Å². The van der Waals surface area contributed by atoms with Crippen molar-refractivity contribution in [1.82, 2.24) is 0 Å². The third-order valence-corrected chi connectivity index (χ3v) is 4.94. The Morgan fingerprint density at radius 3 is 2.30 bits per heavy atom. The van der Waals surface area contributed by atoms with Gasteiger partial charge in [-0.25, -0.2) is 0 Å².